The molecular formula is C16H14N2O7. The minimum absolute atomic E-state index is 0.175. The Bertz CT molecular complexity index is 823. The zero-order chi connectivity index (χ0) is 18.6. The fraction of sp³-hybridized carbons (Fsp3) is 0.125. The molecule has 9 heteroatoms. The number of carboxylic acids is 2. The maximum atomic E-state index is 12.0. The van der Waals surface area contributed by atoms with Gasteiger partial charge in [0.1, 0.15) is 11.8 Å². The molecule has 0 saturated heterocycles. The van der Waals surface area contributed by atoms with Gasteiger partial charge in [-0.05, 0) is 24.3 Å². The van der Waals surface area contributed by atoms with E-state index in [0.29, 0.717) is 16.9 Å². The largest absolute Gasteiger partial charge is 0.481 e. The summed E-state index contributed by atoms with van der Waals surface area (Å²) >= 11 is 0. The van der Waals surface area contributed by atoms with Crippen molar-refractivity contribution >= 4 is 23.8 Å². The van der Waals surface area contributed by atoms with Gasteiger partial charge in [0.05, 0.1) is 6.42 Å². The second-order valence-corrected chi connectivity index (χ2v) is 5.07. The molecule has 0 aliphatic rings. The molecule has 25 heavy (non-hydrogen) atoms. The van der Waals surface area contributed by atoms with Gasteiger partial charge >= 0.3 is 11.9 Å². The van der Waals surface area contributed by atoms with Crippen LogP contribution in [0.4, 0.5) is 0 Å². The van der Waals surface area contributed by atoms with Crippen molar-refractivity contribution in [3.8, 4) is 11.3 Å². The lowest BCUT2D eigenvalue weighted by atomic mass is 10.1. The van der Waals surface area contributed by atoms with Crippen LogP contribution in [-0.2, 0) is 9.59 Å². The Balaban J connectivity index is 2.14. The van der Waals surface area contributed by atoms with Crippen molar-refractivity contribution in [2.24, 2.45) is 5.73 Å². The Morgan fingerprint density at radius 1 is 1.04 bits per heavy atom. The summed E-state index contributed by atoms with van der Waals surface area (Å²) in [6, 6.07) is 7.37. The molecule has 0 aliphatic heterocycles. The number of hydrogen-bond donors (Lipinski definition) is 4. The average molecular weight is 346 g/mol. The maximum absolute atomic E-state index is 12.0. The summed E-state index contributed by atoms with van der Waals surface area (Å²) in [7, 11) is 0. The summed E-state index contributed by atoms with van der Waals surface area (Å²) in [5.74, 6) is -4.12. The number of amides is 2. The highest BCUT2D eigenvalue weighted by Crippen LogP contribution is 2.22. The number of carbonyl (C=O) groups is 4. The number of carbonyl (C=O) groups excluding carboxylic acids is 2. The molecular weight excluding hydrogens is 332 g/mol. The summed E-state index contributed by atoms with van der Waals surface area (Å²) in [5, 5.41) is 19.7. The Kier molecular flexibility index (Phi) is 5.18. The van der Waals surface area contributed by atoms with Crippen molar-refractivity contribution < 1.29 is 33.8 Å². The first-order valence-corrected chi connectivity index (χ1v) is 7.03. The molecule has 1 atom stereocenters. The quantitative estimate of drug-likeness (QED) is 0.574. The van der Waals surface area contributed by atoms with Crippen molar-refractivity contribution in [2.45, 2.75) is 12.5 Å². The molecule has 9 nitrogen and oxygen atoms in total. The smallest absolute Gasteiger partial charge is 0.326 e. The van der Waals surface area contributed by atoms with Gasteiger partial charge in [0.15, 0.2) is 5.76 Å². The minimum Gasteiger partial charge on any atom is -0.481 e. The van der Waals surface area contributed by atoms with Gasteiger partial charge in [-0.15, -0.1) is 0 Å². The van der Waals surface area contributed by atoms with Crippen LogP contribution in [0.1, 0.15) is 27.3 Å². The van der Waals surface area contributed by atoms with E-state index in [9.17, 15) is 19.2 Å². The molecule has 2 rings (SSSR count). The van der Waals surface area contributed by atoms with E-state index in [0.717, 1.165) is 0 Å². The Labute approximate surface area is 141 Å². The van der Waals surface area contributed by atoms with E-state index < -0.39 is 36.2 Å². The molecule has 0 radical (unpaired) electrons. The lowest BCUT2D eigenvalue weighted by Gasteiger charge is -2.10. The summed E-state index contributed by atoms with van der Waals surface area (Å²) in [6.45, 7) is 0. The van der Waals surface area contributed by atoms with Crippen LogP contribution in [0.2, 0.25) is 0 Å². The van der Waals surface area contributed by atoms with E-state index >= 15 is 0 Å². The lowest BCUT2D eigenvalue weighted by Crippen LogP contribution is -2.42. The van der Waals surface area contributed by atoms with Crippen LogP contribution in [0, 0.1) is 0 Å². The number of aliphatic carboxylic acids is 2. The first-order valence-electron chi connectivity index (χ1n) is 7.03. The topological polar surface area (TPSA) is 160 Å². The normalized spacial score (nSPS) is 11.5. The molecule has 0 unspecified atom stereocenters. The van der Waals surface area contributed by atoms with Gasteiger partial charge in [-0.3, -0.25) is 14.4 Å². The van der Waals surface area contributed by atoms with E-state index in [1.165, 1.54) is 24.3 Å². The van der Waals surface area contributed by atoms with Crippen molar-refractivity contribution in [2.75, 3.05) is 0 Å². The highest BCUT2D eigenvalue weighted by Gasteiger charge is 2.25. The van der Waals surface area contributed by atoms with Gasteiger partial charge in [-0.25, -0.2) is 4.79 Å². The number of hydrogen-bond acceptors (Lipinski definition) is 5. The molecule has 5 N–H and O–H groups in total. The second kappa shape index (κ2) is 7.30. The Hall–Kier alpha value is -3.62. The van der Waals surface area contributed by atoms with Crippen molar-refractivity contribution in [1.29, 1.82) is 0 Å². The molecule has 1 aromatic heterocycles. The predicted molar refractivity (Wildman–Crippen MR) is 83.8 cm³/mol. The van der Waals surface area contributed by atoms with Crippen LogP contribution in [0.15, 0.2) is 40.8 Å². The summed E-state index contributed by atoms with van der Waals surface area (Å²) < 4.78 is 5.35. The highest BCUT2D eigenvalue weighted by molar-refractivity contribution is 5.96. The number of rotatable bonds is 7. The van der Waals surface area contributed by atoms with E-state index in [1.807, 2.05) is 0 Å². The number of furan rings is 1. The predicted octanol–water partition coefficient (Wildman–Crippen LogP) is 0.703. The molecule has 0 bridgehead atoms. The monoisotopic (exact) mass is 346 g/mol. The van der Waals surface area contributed by atoms with Crippen LogP contribution in [0.3, 0.4) is 0 Å². The fourth-order valence-corrected chi connectivity index (χ4v) is 2.02. The van der Waals surface area contributed by atoms with Crippen LogP contribution >= 0.6 is 0 Å². The van der Waals surface area contributed by atoms with E-state index in [1.54, 1.807) is 12.1 Å². The zero-order valence-electron chi connectivity index (χ0n) is 12.8. The number of benzene rings is 1. The van der Waals surface area contributed by atoms with Gasteiger partial charge < -0.3 is 25.7 Å². The second-order valence-electron chi connectivity index (χ2n) is 5.07. The van der Waals surface area contributed by atoms with Gasteiger partial charge in [0.2, 0.25) is 5.91 Å². The molecule has 130 valence electrons. The summed E-state index contributed by atoms with van der Waals surface area (Å²) in [6.07, 6.45) is -0.761. The van der Waals surface area contributed by atoms with E-state index in [-0.39, 0.29) is 5.76 Å². The maximum Gasteiger partial charge on any atom is 0.326 e. The molecule has 2 aromatic rings. The third-order valence-electron chi connectivity index (χ3n) is 3.27. The first-order chi connectivity index (χ1) is 11.8. The third-order valence-corrected chi connectivity index (χ3v) is 3.27. The van der Waals surface area contributed by atoms with Crippen molar-refractivity contribution in [3.63, 3.8) is 0 Å². The minimum atomic E-state index is -1.58. The van der Waals surface area contributed by atoms with Crippen LogP contribution in [-0.4, -0.2) is 40.0 Å². The SMILES string of the molecule is NC(=O)c1ccc(-c2ccc(C(=O)N[C@@H](CC(=O)O)C(=O)O)o2)cc1. The highest BCUT2D eigenvalue weighted by atomic mass is 16.4. The van der Waals surface area contributed by atoms with Gasteiger partial charge in [0, 0.05) is 11.1 Å². The van der Waals surface area contributed by atoms with Gasteiger partial charge in [-0.1, -0.05) is 12.1 Å². The standard InChI is InChI=1S/C16H14N2O7/c17-14(21)9-3-1-8(2-4-9)11-5-6-12(25-11)15(22)18-10(16(23)24)7-13(19)20/h1-6,10H,7H2,(H2,17,21)(H,18,22)(H,19,20)(H,23,24)/t10-/m0/s1. The van der Waals surface area contributed by atoms with Crippen molar-refractivity contribution in [1.82, 2.24) is 5.32 Å². The zero-order valence-corrected chi connectivity index (χ0v) is 12.8. The Morgan fingerprint density at radius 3 is 2.20 bits per heavy atom. The average Bonchev–Trinajstić information content (AvgIpc) is 3.03. The molecule has 0 saturated carbocycles. The molecule has 2 amide bonds. The van der Waals surface area contributed by atoms with E-state index in [4.69, 9.17) is 20.4 Å². The van der Waals surface area contributed by atoms with Gasteiger partial charge in [-0.2, -0.15) is 0 Å². The lowest BCUT2D eigenvalue weighted by molar-refractivity contribution is -0.145. The molecule has 1 aromatic carbocycles. The number of nitrogens with two attached hydrogens (primary N) is 1. The Morgan fingerprint density at radius 2 is 1.68 bits per heavy atom. The first kappa shape index (κ1) is 17.7. The number of nitrogens with one attached hydrogen (secondary N) is 1. The molecule has 0 fully saturated rings. The van der Waals surface area contributed by atoms with E-state index in [2.05, 4.69) is 5.32 Å². The number of carboxylic acid groups (broad SMARTS) is 2. The molecule has 1 heterocycles. The fourth-order valence-electron chi connectivity index (χ4n) is 2.02. The molecule has 0 aliphatic carbocycles. The van der Waals surface area contributed by atoms with Crippen LogP contribution in [0.25, 0.3) is 11.3 Å². The summed E-state index contributed by atoms with van der Waals surface area (Å²) in [4.78, 5) is 44.6. The van der Waals surface area contributed by atoms with Crippen LogP contribution < -0.4 is 11.1 Å². The summed E-state index contributed by atoms with van der Waals surface area (Å²) in [5.41, 5.74) is 6.03. The van der Waals surface area contributed by atoms with Gasteiger partial charge in [0.25, 0.3) is 5.91 Å². The van der Waals surface area contributed by atoms with Crippen LogP contribution in [0.5, 0.6) is 0 Å². The van der Waals surface area contributed by atoms with Crippen molar-refractivity contribution in [3.05, 3.63) is 47.7 Å². The third kappa shape index (κ3) is 4.44. The molecule has 0 spiro atoms. The number of primary amides is 1.